The minimum atomic E-state index is -0.674. The molecule has 0 N–H and O–H groups in total. The Kier molecular flexibility index (Phi) is 7.50. The zero-order chi connectivity index (χ0) is 24.2. The highest BCUT2D eigenvalue weighted by Gasteiger charge is 2.40. The molecule has 2 amide bonds. The first-order valence-corrected chi connectivity index (χ1v) is 12.2. The van der Waals surface area contributed by atoms with Crippen molar-refractivity contribution in [2.75, 3.05) is 11.5 Å². The molecule has 4 rings (SSSR count). The van der Waals surface area contributed by atoms with Gasteiger partial charge in [-0.05, 0) is 60.7 Å². The second-order valence-electron chi connectivity index (χ2n) is 7.38. The first kappa shape index (κ1) is 24.2. The Labute approximate surface area is 213 Å². The molecule has 9 heteroatoms. The summed E-state index contributed by atoms with van der Waals surface area (Å²) in [5, 5.41) is 0.0547. The van der Waals surface area contributed by atoms with E-state index in [1.807, 2.05) is 0 Å². The summed E-state index contributed by atoms with van der Waals surface area (Å²) >= 11 is 10.5. The summed E-state index contributed by atoms with van der Waals surface area (Å²) in [5.74, 6) is -1.63. The van der Waals surface area contributed by atoms with Crippen molar-refractivity contribution < 1.29 is 23.9 Å². The van der Waals surface area contributed by atoms with E-state index in [2.05, 4.69) is 15.9 Å². The van der Waals surface area contributed by atoms with Crippen LogP contribution in [0.4, 0.5) is 5.69 Å². The van der Waals surface area contributed by atoms with Crippen LogP contribution in [0.2, 0.25) is 5.02 Å². The minimum absolute atomic E-state index is 0.0775. The van der Waals surface area contributed by atoms with E-state index in [0.29, 0.717) is 16.3 Å². The number of anilines is 1. The van der Waals surface area contributed by atoms with Crippen molar-refractivity contribution in [3.05, 3.63) is 93.4 Å². The molecule has 0 saturated carbocycles. The van der Waals surface area contributed by atoms with Crippen LogP contribution in [0.3, 0.4) is 0 Å². The van der Waals surface area contributed by atoms with Crippen LogP contribution >= 0.6 is 39.3 Å². The van der Waals surface area contributed by atoms with Crippen molar-refractivity contribution in [3.8, 4) is 0 Å². The largest absolute Gasteiger partial charge is 0.454 e. The molecule has 1 aliphatic heterocycles. The molecular weight excluding hydrogens is 542 g/mol. The summed E-state index contributed by atoms with van der Waals surface area (Å²) in [5.41, 5.74) is 1.01. The molecule has 1 fully saturated rings. The van der Waals surface area contributed by atoms with Gasteiger partial charge in [-0.25, -0.2) is 9.69 Å². The molecule has 6 nitrogen and oxygen atoms in total. The Morgan fingerprint density at radius 3 is 2.21 bits per heavy atom. The van der Waals surface area contributed by atoms with Gasteiger partial charge in [0.25, 0.3) is 0 Å². The third kappa shape index (κ3) is 5.58. The second-order valence-corrected chi connectivity index (χ2v) is 10.0. The van der Waals surface area contributed by atoms with Crippen LogP contribution in [-0.2, 0) is 14.3 Å². The van der Waals surface area contributed by atoms with E-state index in [0.717, 1.165) is 14.3 Å². The van der Waals surface area contributed by atoms with Gasteiger partial charge in [-0.3, -0.25) is 14.4 Å². The summed E-state index contributed by atoms with van der Waals surface area (Å²) in [6.45, 7) is -0.394. The number of benzene rings is 3. The lowest BCUT2D eigenvalue weighted by Crippen LogP contribution is -2.31. The average molecular weight is 559 g/mol. The van der Waals surface area contributed by atoms with Crippen molar-refractivity contribution >= 4 is 68.5 Å². The van der Waals surface area contributed by atoms with Crippen molar-refractivity contribution in [1.82, 2.24) is 0 Å². The fourth-order valence-corrected chi connectivity index (χ4v) is 4.77. The highest BCUT2D eigenvalue weighted by molar-refractivity contribution is 9.10. The maximum atomic E-state index is 12.9. The Bertz CT molecular complexity index is 1250. The molecule has 0 aliphatic carbocycles. The lowest BCUT2D eigenvalue weighted by Gasteiger charge is -2.15. The number of Topliss-reactive ketones (excluding diaryl/α,β-unsaturated/α-hetero) is 1. The van der Waals surface area contributed by atoms with Crippen LogP contribution in [0.1, 0.15) is 27.1 Å². The van der Waals surface area contributed by atoms with E-state index in [1.165, 1.54) is 36.0 Å². The molecule has 0 radical (unpaired) electrons. The highest BCUT2D eigenvalue weighted by Crippen LogP contribution is 2.34. The molecule has 1 saturated heterocycles. The van der Waals surface area contributed by atoms with E-state index in [-0.39, 0.29) is 29.6 Å². The second kappa shape index (κ2) is 10.5. The van der Waals surface area contributed by atoms with Gasteiger partial charge in [-0.15, -0.1) is 11.8 Å². The number of carbonyl (C=O) groups excluding carboxylic acids is 4. The van der Waals surface area contributed by atoms with Crippen LogP contribution in [0, 0.1) is 0 Å². The first-order chi connectivity index (χ1) is 16.3. The summed E-state index contributed by atoms with van der Waals surface area (Å²) in [6, 6.07) is 19.7. The third-order valence-electron chi connectivity index (χ3n) is 5.06. The Morgan fingerprint density at radius 2 is 1.56 bits per heavy atom. The number of imide groups is 1. The molecule has 1 unspecified atom stereocenters. The number of hydrogen-bond donors (Lipinski definition) is 0. The number of esters is 1. The smallest absolute Gasteiger partial charge is 0.338 e. The molecular formula is C25H17BrClNO5S. The maximum absolute atomic E-state index is 12.9. The molecule has 172 valence electrons. The van der Waals surface area contributed by atoms with Crippen LogP contribution in [0.25, 0.3) is 0 Å². The van der Waals surface area contributed by atoms with Crippen molar-refractivity contribution in [2.24, 2.45) is 0 Å². The van der Waals surface area contributed by atoms with Gasteiger partial charge in [0.2, 0.25) is 11.8 Å². The van der Waals surface area contributed by atoms with Crippen LogP contribution < -0.4 is 4.90 Å². The number of amides is 2. The summed E-state index contributed by atoms with van der Waals surface area (Å²) in [6.07, 6.45) is 0.0775. The molecule has 3 aromatic carbocycles. The molecule has 1 aliphatic rings. The van der Waals surface area contributed by atoms with Gasteiger partial charge in [0.05, 0.1) is 16.5 Å². The minimum Gasteiger partial charge on any atom is -0.454 e. The van der Waals surface area contributed by atoms with E-state index < -0.39 is 17.8 Å². The molecule has 1 atom stereocenters. The van der Waals surface area contributed by atoms with Crippen LogP contribution in [-0.4, -0.2) is 35.4 Å². The zero-order valence-corrected chi connectivity index (χ0v) is 20.7. The predicted molar refractivity (Wildman–Crippen MR) is 133 cm³/mol. The first-order valence-electron chi connectivity index (χ1n) is 10.2. The van der Waals surface area contributed by atoms with Gasteiger partial charge >= 0.3 is 5.97 Å². The summed E-state index contributed by atoms with van der Waals surface area (Å²) in [4.78, 5) is 51.9. The van der Waals surface area contributed by atoms with Crippen LogP contribution in [0.15, 0.2) is 82.2 Å². The Morgan fingerprint density at radius 1 is 0.941 bits per heavy atom. The number of rotatable bonds is 7. The van der Waals surface area contributed by atoms with Gasteiger partial charge < -0.3 is 4.74 Å². The molecule has 0 aromatic heterocycles. The standard InChI is InChI=1S/C25H17BrClNO5S/c26-17-5-1-15(2-6-17)21(29)14-33-25(32)16-3-9-19(10-4-16)28-23(30)13-22(24(28)31)34-20-11-7-18(27)8-12-20/h1-12,22H,13-14H2. The molecule has 34 heavy (non-hydrogen) atoms. The lowest BCUT2D eigenvalue weighted by molar-refractivity contribution is -0.121. The quantitative estimate of drug-likeness (QED) is 0.214. The van der Waals surface area contributed by atoms with Crippen LogP contribution in [0.5, 0.6) is 0 Å². The van der Waals surface area contributed by atoms with Gasteiger partial charge in [0, 0.05) is 26.4 Å². The van der Waals surface area contributed by atoms with Gasteiger partial charge in [-0.1, -0.05) is 39.7 Å². The normalized spacial score (nSPS) is 15.5. The highest BCUT2D eigenvalue weighted by atomic mass is 79.9. The topological polar surface area (TPSA) is 80.8 Å². The van der Waals surface area contributed by atoms with E-state index in [4.69, 9.17) is 16.3 Å². The Balaban J connectivity index is 1.37. The van der Waals surface area contributed by atoms with E-state index in [9.17, 15) is 19.2 Å². The number of halogens is 2. The van der Waals surface area contributed by atoms with Gasteiger partial charge in [0.15, 0.2) is 12.4 Å². The number of hydrogen-bond acceptors (Lipinski definition) is 6. The monoisotopic (exact) mass is 557 g/mol. The Hall–Kier alpha value is -2.94. The number of ketones is 1. The van der Waals surface area contributed by atoms with Crippen molar-refractivity contribution in [2.45, 2.75) is 16.6 Å². The SMILES string of the molecule is O=C(COC(=O)c1ccc(N2C(=O)CC(Sc3ccc(Cl)cc3)C2=O)cc1)c1ccc(Br)cc1. The zero-order valence-electron chi connectivity index (χ0n) is 17.6. The number of thioether (sulfide) groups is 1. The molecule has 1 heterocycles. The average Bonchev–Trinajstić information content (AvgIpc) is 3.11. The van der Waals surface area contributed by atoms with Crippen molar-refractivity contribution in [3.63, 3.8) is 0 Å². The lowest BCUT2D eigenvalue weighted by atomic mass is 10.1. The van der Waals surface area contributed by atoms with Crippen molar-refractivity contribution in [1.29, 1.82) is 0 Å². The molecule has 0 bridgehead atoms. The number of ether oxygens (including phenoxy) is 1. The molecule has 0 spiro atoms. The third-order valence-corrected chi connectivity index (χ3v) is 7.04. The number of nitrogens with zero attached hydrogens (tertiary/aromatic N) is 1. The van der Waals surface area contributed by atoms with Gasteiger partial charge in [-0.2, -0.15) is 0 Å². The molecule has 3 aromatic rings. The van der Waals surface area contributed by atoms with Gasteiger partial charge in [0.1, 0.15) is 0 Å². The van der Waals surface area contributed by atoms with E-state index in [1.54, 1.807) is 48.5 Å². The maximum Gasteiger partial charge on any atom is 0.338 e. The summed E-state index contributed by atoms with van der Waals surface area (Å²) in [7, 11) is 0. The fourth-order valence-electron chi connectivity index (χ4n) is 3.32. The summed E-state index contributed by atoms with van der Waals surface area (Å²) < 4.78 is 5.95. The van der Waals surface area contributed by atoms with E-state index >= 15 is 0 Å². The predicted octanol–water partition coefficient (Wildman–Crippen LogP) is 5.57. The number of carbonyl (C=O) groups is 4. The fraction of sp³-hybridized carbons (Fsp3) is 0.120.